The molecular formula is C12H15BrO. The van der Waals surface area contributed by atoms with Crippen molar-refractivity contribution in [1.29, 1.82) is 0 Å². The second-order valence-corrected chi connectivity index (χ2v) is 3.79. The van der Waals surface area contributed by atoms with Crippen molar-refractivity contribution < 1.29 is 4.74 Å². The van der Waals surface area contributed by atoms with Crippen LogP contribution in [-0.2, 0) is 11.3 Å². The zero-order valence-electron chi connectivity index (χ0n) is 8.37. The van der Waals surface area contributed by atoms with Crippen LogP contribution in [-0.4, -0.2) is 11.4 Å². The molecule has 0 heterocycles. The Hall–Kier alpha value is -0.600. The van der Waals surface area contributed by atoms with Crippen molar-refractivity contribution >= 4 is 15.9 Å². The van der Waals surface area contributed by atoms with Crippen molar-refractivity contribution in [3.05, 3.63) is 48.0 Å². The average molecular weight is 255 g/mol. The van der Waals surface area contributed by atoms with E-state index >= 15 is 0 Å². The molecule has 0 aliphatic rings. The molecule has 0 radical (unpaired) electrons. The summed E-state index contributed by atoms with van der Waals surface area (Å²) >= 11 is 3.36. The lowest BCUT2D eigenvalue weighted by molar-refractivity contribution is 0.0773. The quantitative estimate of drug-likeness (QED) is 0.577. The molecule has 0 bridgehead atoms. The minimum Gasteiger partial charge on any atom is -0.369 e. The van der Waals surface area contributed by atoms with Gasteiger partial charge in [0.05, 0.1) is 12.7 Å². The summed E-state index contributed by atoms with van der Waals surface area (Å²) in [5.74, 6) is 0. The van der Waals surface area contributed by atoms with Gasteiger partial charge in [-0.1, -0.05) is 52.8 Å². The third-order valence-electron chi connectivity index (χ3n) is 2.09. The second kappa shape index (κ2) is 5.99. The predicted molar refractivity (Wildman–Crippen MR) is 63.6 cm³/mol. The fourth-order valence-corrected chi connectivity index (χ4v) is 1.48. The van der Waals surface area contributed by atoms with Gasteiger partial charge < -0.3 is 4.74 Å². The van der Waals surface area contributed by atoms with Crippen LogP contribution in [0.4, 0.5) is 0 Å². The zero-order valence-corrected chi connectivity index (χ0v) is 9.96. The van der Waals surface area contributed by atoms with Gasteiger partial charge in [0, 0.05) is 5.33 Å². The van der Waals surface area contributed by atoms with Crippen LogP contribution < -0.4 is 0 Å². The van der Waals surface area contributed by atoms with Crippen molar-refractivity contribution in [3.63, 3.8) is 0 Å². The molecule has 0 N–H and O–H groups in total. The van der Waals surface area contributed by atoms with Gasteiger partial charge in [-0.3, -0.25) is 0 Å². The minimum atomic E-state index is 0.106. The smallest absolute Gasteiger partial charge is 0.0766 e. The standard InChI is InChI=1S/C12H15BrO/c1-10(8-13)11(2)14-9-12-6-4-3-5-7-12/h3-7,11H,1,8-9H2,2H3/t11-/m1/s1. The first-order valence-corrected chi connectivity index (χ1v) is 5.75. The van der Waals surface area contributed by atoms with Crippen LogP contribution in [0.1, 0.15) is 12.5 Å². The van der Waals surface area contributed by atoms with Crippen LogP contribution in [0.5, 0.6) is 0 Å². The minimum absolute atomic E-state index is 0.106. The lowest BCUT2D eigenvalue weighted by Gasteiger charge is -2.13. The molecule has 2 heteroatoms. The van der Waals surface area contributed by atoms with E-state index in [1.54, 1.807) is 0 Å². The van der Waals surface area contributed by atoms with Crippen molar-refractivity contribution in [1.82, 2.24) is 0 Å². The highest BCUT2D eigenvalue weighted by molar-refractivity contribution is 9.09. The highest BCUT2D eigenvalue weighted by Crippen LogP contribution is 2.10. The predicted octanol–water partition coefficient (Wildman–Crippen LogP) is 3.54. The van der Waals surface area contributed by atoms with Crippen molar-refractivity contribution in [3.8, 4) is 0 Å². The second-order valence-electron chi connectivity index (χ2n) is 3.23. The summed E-state index contributed by atoms with van der Waals surface area (Å²) in [7, 11) is 0. The Bertz CT molecular complexity index is 282. The van der Waals surface area contributed by atoms with E-state index in [0.717, 1.165) is 10.9 Å². The SMILES string of the molecule is C=C(CBr)[C@@H](C)OCc1ccccc1. The number of alkyl halides is 1. The van der Waals surface area contributed by atoms with E-state index in [9.17, 15) is 0 Å². The normalized spacial score (nSPS) is 12.4. The Morgan fingerprint density at radius 1 is 1.43 bits per heavy atom. The van der Waals surface area contributed by atoms with Gasteiger partial charge in [-0.2, -0.15) is 0 Å². The Balaban J connectivity index is 2.38. The fourth-order valence-electron chi connectivity index (χ4n) is 1.02. The summed E-state index contributed by atoms with van der Waals surface area (Å²) in [6, 6.07) is 10.2. The highest BCUT2D eigenvalue weighted by atomic mass is 79.9. The third kappa shape index (κ3) is 3.64. The number of hydrogen-bond acceptors (Lipinski definition) is 1. The van der Waals surface area contributed by atoms with Crippen molar-refractivity contribution in [2.45, 2.75) is 19.6 Å². The third-order valence-corrected chi connectivity index (χ3v) is 2.81. The molecular weight excluding hydrogens is 240 g/mol. The number of benzene rings is 1. The summed E-state index contributed by atoms with van der Waals surface area (Å²) in [6.45, 7) is 6.58. The van der Waals surface area contributed by atoms with Gasteiger partial charge in [-0.25, -0.2) is 0 Å². The summed E-state index contributed by atoms with van der Waals surface area (Å²) in [6.07, 6.45) is 0.106. The molecule has 0 unspecified atom stereocenters. The van der Waals surface area contributed by atoms with Crippen LogP contribution in [0.2, 0.25) is 0 Å². The molecule has 1 aromatic carbocycles. The molecule has 0 saturated carbocycles. The van der Waals surface area contributed by atoms with Gasteiger partial charge in [0.2, 0.25) is 0 Å². The Morgan fingerprint density at radius 3 is 2.64 bits per heavy atom. The molecule has 14 heavy (non-hydrogen) atoms. The average Bonchev–Trinajstić information content (AvgIpc) is 2.26. The first kappa shape index (κ1) is 11.5. The highest BCUT2D eigenvalue weighted by Gasteiger charge is 2.05. The molecule has 0 spiro atoms. The summed E-state index contributed by atoms with van der Waals surface area (Å²) in [5.41, 5.74) is 2.27. The van der Waals surface area contributed by atoms with Crippen LogP contribution in [0.3, 0.4) is 0 Å². The Kier molecular flexibility index (Phi) is 4.91. The first-order valence-electron chi connectivity index (χ1n) is 4.63. The van der Waals surface area contributed by atoms with E-state index in [-0.39, 0.29) is 6.10 Å². The first-order chi connectivity index (χ1) is 6.74. The monoisotopic (exact) mass is 254 g/mol. The largest absolute Gasteiger partial charge is 0.369 e. The molecule has 1 rings (SSSR count). The Morgan fingerprint density at radius 2 is 2.07 bits per heavy atom. The van der Waals surface area contributed by atoms with E-state index in [1.165, 1.54) is 5.56 Å². The molecule has 0 saturated heterocycles. The van der Waals surface area contributed by atoms with Crippen LogP contribution in [0.15, 0.2) is 42.5 Å². The van der Waals surface area contributed by atoms with E-state index in [1.807, 2.05) is 25.1 Å². The van der Waals surface area contributed by atoms with Crippen LogP contribution in [0, 0.1) is 0 Å². The van der Waals surface area contributed by atoms with Gasteiger partial charge in [0.25, 0.3) is 0 Å². The molecule has 0 aromatic heterocycles. The van der Waals surface area contributed by atoms with Gasteiger partial charge in [-0.15, -0.1) is 0 Å². The van der Waals surface area contributed by atoms with Gasteiger partial charge >= 0.3 is 0 Å². The zero-order chi connectivity index (χ0) is 10.4. The van der Waals surface area contributed by atoms with Crippen molar-refractivity contribution in [2.24, 2.45) is 0 Å². The number of ether oxygens (including phenoxy) is 1. The number of rotatable bonds is 5. The molecule has 76 valence electrons. The molecule has 0 fully saturated rings. The summed E-state index contributed by atoms with van der Waals surface area (Å²) < 4.78 is 5.65. The van der Waals surface area contributed by atoms with Crippen LogP contribution >= 0.6 is 15.9 Å². The molecule has 1 nitrogen and oxygen atoms in total. The van der Waals surface area contributed by atoms with Crippen molar-refractivity contribution in [2.75, 3.05) is 5.33 Å². The maximum Gasteiger partial charge on any atom is 0.0766 e. The molecule has 0 aliphatic heterocycles. The number of hydrogen-bond donors (Lipinski definition) is 0. The molecule has 0 amide bonds. The molecule has 1 atom stereocenters. The van der Waals surface area contributed by atoms with Gasteiger partial charge in [-0.05, 0) is 18.1 Å². The lowest BCUT2D eigenvalue weighted by Crippen LogP contribution is -2.11. The van der Waals surface area contributed by atoms with Gasteiger partial charge in [0.15, 0.2) is 0 Å². The summed E-state index contributed by atoms with van der Waals surface area (Å²) in [4.78, 5) is 0. The molecule has 0 aliphatic carbocycles. The van der Waals surface area contributed by atoms with E-state index < -0.39 is 0 Å². The van der Waals surface area contributed by atoms with Gasteiger partial charge in [0.1, 0.15) is 0 Å². The maximum atomic E-state index is 5.65. The lowest BCUT2D eigenvalue weighted by atomic mass is 10.2. The topological polar surface area (TPSA) is 9.23 Å². The number of halogens is 1. The Labute approximate surface area is 93.9 Å². The maximum absolute atomic E-state index is 5.65. The van der Waals surface area contributed by atoms with E-state index in [0.29, 0.717) is 6.61 Å². The van der Waals surface area contributed by atoms with E-state index in [4.69, 9.17) is 4.74 Å². The molecule has 1 aromatic rings. The van der Waals surface area contributed by atoms with Crippen LogP contribution in [0.25, 0.3) is 0 Å². The van der Waals surface area contributed by atoms with E-state index in [2.05, 4.69) is 34.6 Å². The summed E-state index contributed by atoms with van der Waals surface area (Å²) in [5, 5.41) is 0.795. The fraction of sp³-hybridized carbons (Fsp3) is 0.333.